The molecule has 1 aliphatic carbocycles. The molecule has 1 amide bonds. The van der Waals surface area contributed by atoms with Crippen LogP contribution in [0.4, 0.5) is 0 Å². The van der Waals surface area contributed by atoms with Crippen LogP contribution in [-0.2, 0) is 21.1 Å². The minimum atomic E-state index is -3.85. The number of rotatable bonds is 12. The van der Waals surface area contributed by atoms with Crippen LogP contribution in [0.15, 0.2) is 78.0 Å². The average Bonchev–Trinajstić information content (AvgIpc) is 3.69. The summed E-state index contributed by atoms with van der Waals surface area (Å²) in [6, 6.07) is 16.8. The molecule has 1 heterocycles. The normalized spacial score (nSPS) is 14.6. The van der Waals surface area contributed by atoms with Gasteiger partial charge in [0.1, 0.15) is 5.75 Å². The van der Waals surface area contributed by atoms with Crippen LogP contribution in [0.2, 0.25) is 0 Å². The van der Waals surface area contributed by atoms with Gasteiger partial charge in [-0.15, -0.1) is 0 Å². The number of amides is 1. The number of hydrogen-bond acceptors (Lipinski definition) is 8. The molecule has 3 N–H and O–H groups in total. The maximum absolute atomic E-state index is 13.3. The van der Waals surface area contributed by atoms with Crippen molar-refractivity contribution in [2.75, 3.05) is 5.75 Å². The maximum Gasteiger partial charge on any atom is 0.475 e. The summed E-state index contributed by atoms with van der Waals surface area (Å²) >= 11 is 0. The Bertz CT molecular complexity index is 1240. The zero-order valence-electron chi connectivity index (χ0n) is 19.6. The van der Waals surface area contributed by atoms with Crippen molar-refractivity contribution in [2.45, 2.75) is 43.9 Å². The molecule has 0 unspecified atom stereocenters. The van der Waals surface area contributed by atoms with E-state index in [2.05, 4.69) is 15.3 Å². The molecule has 1 aromatic heterocycles. The second kappa shape index (κ2) is 12.8. The monoisotopic (exact) mass is 525 g/mol. The van der Waals surface area contributed by atoms with Crippen LogP contribution >= 0.6 is 0 Å². The Morgan fingerprint density at radius 3 is 2.27 bits per heavy atom. The Balaban J connectivity index is 0.00000380. The summed E-state index contributed by atoms with van der Waals surface area (Å²) in [4.78, 5) is 21.2. The predicted octanol–water partition coefficient (Wildman–Crippen LogP) is 2.83. The second-order valence-electron chi connectivity index (χ2n) is 8.98. The zero-order chi connectivity index (χ0) is 25.5. The van der Waals surface area contributed by atoms with Gasteiger partial charge < -0.3 is 20.1 Å². The van der Waals surface area contributed by atoms with Crippen molar-refractivity contribution in [3.05, 3.63) is 78.6 Å². The minimum absolute atomic E-state index is 0. The summed E-state index contributed by atoms with van der Waals surface area (Å²) in [6.45, 7) is 0. The van der Waals surface area contributed by atoms with Gasteiger partial charge in [-0.2, -0.15) is 0 Å². The molecular weight excluding hydrogens is 493 g/mol. The van der Waals surface area contributed by atoms with Crippen molar-refractivity contribution in [1.29, 1.82) is 0 Å². The number of hydrogen-bond donors (Lipinski definition) is 3. The van der Waals surface area contributed by atoms with Gasteiger partial charge in [-0.05, 0) is 54.7 Å². The number of aromatic nitrogens is 2. The number of sulfone groups is 1. The lowest BCUT2D eigenvalue weighted by molar-refractivity contribution is -0.124. The molecule has 196 valence electrons. The van der Waals surface area contributed by atoms with E-state index < -0.39 is 40.5 Å². The number of benzene rings is 2. The number of carbonyl (C=O) groups excluding carboxylic acids is 1. The molecule has 4 rings (SSSR count). The first-order valence-corrected chi connectivity index (χ1v) is 13.4. The van der Waals surface area contributed by atoms with Crippen molar-refractivity contribution < 1.29 is 28.0 Å². The van der Waals surface area contributed by atoms with Gasteiger partial charge >= 0.3 is 13.1 Å². The lowest BCUT2D eigenvalue weighted by Crippen LogP contribution is -2.50. The van der Waals surface area contributed by atoms with E-state index in [0.29, 0.717) is 18.1 Å². The molecule has 1 fully saturated rings. The summed E-state index contributed by atoms with van der Waals surface area (Å²) in [6.07, 6.45) is 5.67. The van der Waals surface area contributed by atoms with Crippen molar-refractivity contribution in [3.63, 3.8) is 0 Å². The van der Waals surface area contributed by atoms with Gasteiger partial charge in [-0.3, -0.25) is 4.79 Å². The Hall–Kier alpha value is -3.28. The molecule has 0 bridgehead atoms. The van der Waals surface area contributed by atoms with Gasteiger partial charge in [-0.25, -0.2) is 18.4 Å². The number of carbonyl (C=O) groups is 1. The third-order valence-electron chi connectivity index (χ3n) is 6.02. The lowest BCUT2D eigenvalue weighted by Gasteiger charge is -2.22. The van der Waals surface area contributed by atoms with Gasteiger partial charge in [0.05, 0.1) is 22.5 Å². The number of ether oxygens (including phenoxy) is 1. The van der Waals surface area contributed by atoms with Gasteiger partial charge in [0, 0.05) is 12.4 Å². The summed E-state index contributed by atoms with van der Waals surface area (Å²) < 4.78 is 32.1. The highest BCUT2D eigenvalue weighted by Crippen LogP contribution is 2.33. The van der Waals surface area contributed by atoms with Crippen molar-refractivity contribution in [1.82, 2.24) is 15.3 Å². The van der Waals surface area contributed by atoms with Crippen LogP contribution in [0.25, 0.3) is 0 Å². The minimum Gasteiger partial charge on any atom is -0.426 e. The fourth-order valence-electron chi connectivity index (χ4n) is 3.91. The molecule has 0 aliphatic heterocycles. The van der Waals surface area contributed by atoms with Crippen LogP contribution in [0, 0.1) is 11.8 Å². The molecule has 1 aliphatic rings. The molecule has 1 saturated carbocycles. The van der Waals surface area contributed by atoms with Gasteiger partial charge in [0.15, 0.2) is 9.84 Å². The molecule has 0 radical (unpaired) electrons. The Morgan fingerprint density at radius 1 is 1.03 bits per heavy atom. The topological polar surface area (TPSA) is 139 Å². The summed E-state index contributed by atoms with van der Waals surface area (Å²) in [5.41, 5.74) is 0.808. The van der Waals surface area contributed by atoms with Crippen molar-refractivity contribution in [3.8, 4) is 11.8 Å². The summed E-state index contributed by atoms with van der Waals surface area (Å²) in [5.74, 6) is -2.02. The van der Waals surface area contributed by atoms with Crippen LogP contribution in [0.3, 0.4) is 0 Å². The van der Waals surface area contributed by atoms with E-state index in [0.717, 1.165) is 18.4 Å². The van der Waals surface area contributed by atoms with E-state index in [1.807, 2.05) is 30.3 Å². The van der Waals surface area contributed by atoms with Crippen LogP contribution < -0.4 is 10.1 Å². The van der Waals surface area contributed by atoms with E-state index in [1.165, 1.54) is 36.7 Å². The zero-order valence-corrected chi connectivity index (χ0v) is 20.4. The largest absolute Gasteiger partial charge is 0.475 e. The van der Waals surface area contributed by atoms with Gasteiger partial charge in [0.25, 0.3) is 0 Å². The SMILES string of the molecule is C.O=C(N[C@@H](CC1CC1)B(O)O)[C@H](Cc1ccccc1)CS(=O)(=O)c1ccc(Oc2ncccn2)cc1. The van der Waals surface area contributed by atoms with Gasteiger partial charge in [0.2, 0.25) is 5.91 Å². The number of nitrogens with zero attached hydrogens (tertiary/aromatic N) is 2. The first-order valence-electron chi connectivity index (χ1n) is 11.8. The highest BCUT2D eigenvalue weighted by molar-refractivity contribution is 7.91. The van der Waals surface area contributed by atoms with Crippen LogP contribution in [0.1, 0.15) is 32.3 Å². The number of nitrogens with one attached hydrogen (secondary N) is 1. The molecule has 3 aromatic rings. The average molecular weight is 525 g/mol. The molecule has 9 nitrogen and oxygen atoms in total. The van der Waals surface area contributed by atoms with E-state index in [1.54, 1.807) is 6.07 Å². The molecule has 11 heteroatoms. The summed E-state index contributed by atoms with van der Waals surface area (Å²) in [5, 5.41) is 22.2. The highest BCUT2D eigenvalue weighted by Gasteiger charge is 2.35. The second-order valence-corrected chi connectivity index (χ2v) is 11.0. The molecule has 37 heavy (non-hydrogen) atoms. The molecular formula is C26H32BN3O6S. The smallest absolute Gasteiger partial charge is 0.426 e. The fourth-order valence-corrected chi connectivity index (χ4v) is 5.46. The predicted molar refractivity (Wildman–Crippen MR) is 140 cm³/mol. The third-order valence-corrected chi connectivity index (χ3v) is 7.85. The Labute approximate surface area is 218 Å². The summed E-state index contributed by atoms with van der Waals surface area (Å²) in [7, 11) is -5.57. The first-order chi connectivity index (χ1) is 17.3. The van der Waals surface area contributed by atoms with Crippen LogP contribution in [-0.4, -0.2) is 53.2 Å². The highest BCUT2D eigenvalue weighted by atomic mass is 32.2. The van der Waals surface area contributed by atoms with Gasteiger partial charge in [-0.1, -0.05) is 50.6 Å². The van der Waals surface area contributed by atoms with Crippen molar-refractivity contribution in [2.24, 2.45) is 11.8 Å². The van der Waals surface area contributed by atoms with E-state index in [9.17, 15) is 23.3 Å². The molecule has 0 spiro atoms. The van der Waals surface area contributed by atoms with E-state index in [4.69, 9.17) is 4.74 Å². The fraction of sp³-hybridized carbons (Fsp3) is 0.346. The van der Waals surface area contributed by atoms with Crippen LogP contribution in [0.5, 0.6) is 11.8 Å². The van der Waals surface area contributed by atoms with Crippen molar-refractivity contribution >= 4 is 22.9 Å². The molecule has 2 aromatic carbocycles. The Morgan fingerprint density at radius 2 is 1.68 bits per heavy atom. The van der Waals surface area contributed by atoms with E-state index in [-0.39, 0.29) is 24.8 Å². The first kappa shape index (κ1) is 28.3. The quantitative estimate of drug-likeness (QED) is 0.307. The maximum atomic E-state index is 13.3. The lowest BCUT2D eigenvalue weighted by atomic mass is 9.76. The molecule has 2 atom stereocenters. The van der Waals surface area contributed by atoms with E-state index >= 15 is 0 Å². The standard InChI is InChI=1S/C25H28BN3O6S.CH4/c30-24(29-23(26(31)32)16-19-7-8-19)20(15-18-5-2-1-3-6-18)17-36(33,34)22-11-9-21(10-12-22)35-25-27-13-4-14-28-25;/h1-6,9-14,19-20,23,31-32H,7-8,15-17H2,(H,29,30);1H4/t20-,23+;/m1./s1. The third kappa shape index (κ3) is 8.38. The Kier molecular flexibility index (Phi) is 9.79. The molecule has 0 saturated heterocycles.